The number of nitro groups is 1. The van der Waals surface area contributed by atoms with Gasteiger partial charge in [-0.3, -0.25) is 10.1 Å². The largest absolute Gasteiger partial charge is 0.383 e. The number of hydrogen-bond donors (Lipinski definition) is 1. The summed E-state index contributed by atoms with van der Waals surface area (Å²) in [6.07, 6.45) is 14.2. The van der Waals surface area contributed by atoms with Crippen LogP contribution in [0.3, 0.4) is 0 Å². The van der Waals surface area contributed by atoms with Gasteiger partial charge in [0.25, 0.3) is 5.69 Å². The highest BCUT2D eigenvalue weighted by molar-refractivity contribution is 5.79. The number of pyridine rings is 2. The second kappa shape index (κ2) is 9.47. The highest BCUT2D eigenvalue weighted by atomic mass is 16.6. The van der Waals surface area contributed by atoms with Crippen LogP contribution in [-0.2, 0) is 0 Å². The summed E-state index contributed by atoms with van der Waals surface area (Å²) < 4.78 is 3.07. The predicted molar refractivity (Wildman–Crippen MR) is 120 cm³/mol. The van der Waals surface area contributed by atoms with E-state index in [1.54, 1.807) is 40.4 Å². The Bertz CT molecular complexity index is 1370. The summed E-state index contributed by atoms with van der Waals surface area (Å²) in [4.78, 5) is 31.3. The monoisotopic (exact) mass is 445 g/mol. The lowest BCUT2D eigenvalue weighted by Gasteiger charge is -2.05. The van der Waals surface area contributed by atoms with Crippen molar-refractivity contribution < 1.29 is 4.92 Å². The van der Waals surface area contributed by atoms with E-state index in [4.69, 9.17) is 0 Å². The number of aromatic amines is 1. The van der Waals surface area contributed by atoms with Gasteiger partial charge in [0.05, 0.1) is 22.2 Å². The van der Waals surface area contributed by atoms with Gasteiger partial charge in [-0.1, -0.05) is 0 Å². The van der Waals surface area contributed by atoms with Crippen molar-refractivity contribution in [3.8, 4) is 11.6 Å². The minimum Gasteiger partial charge on any atom is -0.383 e. The van der Waals surface area contributed by atoms with E-state index in [0.29, 0.717) is 11.4 Å². The second-order valence-electron chi connectivity index (χ2n) is 6.93. The molecule has 0 amide bonds. The minimum atomic E-state index is -0.465. The van der Waals surface area contributed by atoms with Crippen LogP contribution in [0, 0.1) is 10.1 Å². The molecule has 0 aliphatic heterocycles. The van der Waals surface area contributed by atoms with E-state index in [1.807, 2.05) is 32.4 Å². The molecule has 0 atom stereocenters. The van der Waals surface area contributed by atoms with E-state index in [1.165, 1.54) is 29.9 Å². The molecule has 0 saturated carbocycles. The van der Waals surface area contributed by atoms with E-state index in [2.05, 4.69) is 35.1 Å². The van der Waals surface area contributed by atoms with Crippen LogP contribution < -0.4 is 0 Å². The van der Waals surface area contributed by atoms with Gasteiger partial charge in [-0.2, -0.15) is 10.2 Å². The summed E-state index contributed by atoms with van der Waals surface area (Å²) in [7, 11) is 3.67. The minimum absolute atomic E-state index is 0.0537. The Balaban J connectivity index is 0.000000163. The van der Waals surface area contributed by atoms with Crippen LogP contribution in [0.15, 0.2) is 68.3 Å². The van der Waals surface area contributed by atoms with Gasteiger partial charge in [0.15, 0.2) is 11.6 Å². The molecule has 0 radical (unpaired) electrons. The van der Waals surface area contributed by atoms with Crippen molar-refractivity contribution in [2.75, 3.05) is 14.1 Å². The number of nitrogens with zero attached hydrogens (tertiary/aromatic N) is 10. The molecule has 0 fully saturated rings. The number of fused-ring (bicyclic) bond motifs is 1. The molecule has 5 heterocycles. The van der Waals surface area contributed by atoms with Crippen LogP contribution in [0.25, 0.3) is 28.6 Å². The molecule has 0 spiro atoms. The summed E-state index contributed by atoms with van der Waals surface area (Å²) >= 11 is 0. The summed E-state index contributed by atoms with van der Waals surface area (Å²) in [6.45, 7) is 0. The summed E-state index contributed by atoms with van der Waals surface area (Å²) in [6, 6.07) is 5.55. The van der Waals surface area contributed by atoms with Gasteiger partial charge in [-0.25, -0.2) is 29.3 Å². The van der Waals surface area contributed by atoms with Crippen molar-refractivity contribution in [1.29, 1.82) is 0 Å². The topological polar surface area (TPSA) is 149 Å². The lowest BCUT2D eigenvalue weighted by Crippen LogP contribution is -2.03. The van der Waals surface area contributed by atoms with Crippen LogP contribution in [0.1, 0.15) is 5.56 Å². The van der Waals surface area contributed by atoms with Gasteiger partial charge in [0.2, 0.25) is 0 Å². The Morgan fingerprint density at radius 3 is 2.30 bits per heavy atom. The molecular formula is C20H19N11O2. The van der Waals surface area contributed by atoms with Crippen molar-refractivity contribution >= 4 is 22.7 Å². The van der Waals surface area contributed by atoms with Crippen molar-refractivity contribution in [1.82, 2.24) is 49.4 Å². The Morgan fingerprint density at radius 2 is 1.70 bits per heavy atom. The van der Waals surface area contributed by atoms with Crippen molar-refractivity contribution in [3.63, 3.8) is 0 Å². The molecular weight excluding hydrogens is 426 g/mol. The van der Waals surface area contributed by atoms with E-state index >= 15 is 0 Å². The molecule has 0 unspecified atom stereocenters. The first-order valence-electron chi connectivity index (χ1n) is 9.63. The predicted octanol–water partition coefficient (Wildman–Crippen LogP) is 2.25. The third kappa shape index (κ3) is 5.04. The molecule has 0 aliphatic rings. The molecule has 0 aliphatic carbocycles. The maximum atomic E-state index is 10.9. The molecule has 33 heavy (non-hydrogen) atoms. The quantitative estimate of drug-likeness (QED) is 0.317. The van der Waals surface area contributed by atoms with Gasteiger partial charge in [0, 0.05) is 25.7 Å². The van der Waals surface area contributed by atoms with E-state index in [9.17, 15) is 10.1 Å². The van der Waals surface area contributed by atoms with Crippen molar-refractivity contribution in [3.05, 3.63) is 84.0 Å². The molecule has 5 aromatic heterocycles. The highest BCUT2D eigenvalue weighted by Gasteiger charge is 2.14. The third-order valence-electron chi connectivity index (χ3n) is 4.38. The zero-order chi connectivity index (χ0) is 23.2. The molecule has 5 rings (SSSR count). The van der Waals surface area contributed by atoms with Crippen LogP contribution in [0.5, 0.6) is 0 Å². The molecule has 1 N–H and O–H groups in total. The Hall–Kier alpha value is -4.94. The van der Waals surface area contributed by atoms with Gasteiger partial charge < -0.3 is 9.88 Å². The van der Waals surface area contributed by atoms with Crippen molar-refractivity contribution in [2.45, 2.75) is 0 Å². The Labute approximate surface area is 187 Å². The normalized spacial score (nSPS) is 10.8. The first-order chi connectivity index (χ1) is 16.0. The maximum absolute atomic E-state index is 10.9. The fourth-order valence-corrected chi connectivity index (χ4v) is 2.81. The smallest absolute Gasteiger partial charge is 0.294 e. The average Bonchev–Trinajstić information content (AvgIpc) is 3.59. The number of aromatic nitrogens is 9. The zero-order valence-electron chi connectivity index (χ0n) is 17.7. The highest BCUT2D eigenvalue weighted by Crippen LogP contribution is 2.21. The molecule has 166 valence electrons. The fourth-order valence-electron chi connectivity index (χ4n) is 2.81. The molecule has 13 nitrogen and oxygen atoms in total. The van der Waals surface area contributed by atoms with Gasteiger partial charge in [-0.15, -0.1) is 0 Å². The first-order valence-corrected chi connectivity index (χ1v) is 9.63. The summed E-state index contributed by atoms with van der Waals surface area (Å²) in [5, 5.41) is 20.0. The molecule has 0 aromatic carbocycles. The van der Waals surface area contributed by atoms with E-state index in [-0.39, 0.29) is 5.69 Å². The van der Waals surface area contributed by atoms with Crippen molar-refractivity contribution in [2.24, 2.45) is 0 Å². The maximum Gasteiger partial charge on any atom is 0.294 e. The van der Waals surface area contributed by atoms with Gasteiger partial charge in [-0.05, 0) is 30.5 Å². The summed E-state index contributed by atoms with van der Waals surface area (Å²) in [5.41, 5.74) is 1.43. The Morgan fingerprint density at radius 1 is 1.03 bits per heavy atom. The number of rotatable bonds is 5. The van der Waals surface area contributed by atoms with Crippen LogP contribution in [0.2, 0.25) is 0 Å². The number of nitrogens with one attached hydrogen (secondary N) is 1. The number of hydrogen-bond acceptors (Lipinski definition) is 9. The van der Waals surface area contributed by atoms with Crippen LogP contribution in [-0.4, -0.2) is 68.4 Å². The van der Waals surface area contributed by atoms with E-state index in [0.717, 1.165) is 16.7 Å². The van der Waals surface area contributed by atoms with Crippen LogP contribution >= 0.6 is 0 Å². The standard InChI is InChI=1S/C11H12N6O2.C9H7N5/c1-15(2)4-3-9-5-11(16-8-12-7-14-16)13-6-10(9)17(18)19;1-2-11-8-4-12-9(3-7(1)8)14-6-10-5-13-14/h3-8H,1-2H3;1-6,11H/b4-3+;. The molecule has 5 aromatic rings. The lowest BCUT2D eigenvalue weighted by molar-refractivity contribution is -0.385. The second-order valence-corrected chi connectivity index (χ2v) is 6.93. The molecule has 0 saturated heterocycles. The third-order valence-corrected chi connectivity index (χ3v) is 4.38. The fraction of sp³-hybridized carbons (Fsp3) is 0.100. The zero-order valence-corrected chi connectivity index (χ0v) is 17.7. The molecule has 13 heteroatoms. The molecule has 0 bridgehead atoms. The van der Waals surface area contributed by atoms with Crippen LogP contribution in [0.4, 0.5) is 5.69 Å². The Kier molecular flexibility index (Phi) is 6.11. The van der Waals surface area contributed by atoms with Gasteiger partial charge in [0.1, 0.15) is 31.5 Å². The lowest BCUT2D eigenvalue weighted by atomic mass is 10.2. The SMILES string of the molecule is CN(C)/C=C/c1cc(-n2cncn2)ncc1[N+](=O)[O-].c1ncn(-c2cc3cc[nH]c3cn2)n1. The summed E-state index contributed by atoms with van der Waals surface area (Å²) in [5.74, 6) is 1.25. The number of H-pyrrole nitrogens is 1. The average molecular weight is 445 g/mol. The van der Waals surface area contributed by atoms with Gasteiger partial charge >= 0.3 is 0 Å². The first kappa shape index (κ1) is 21.3. The van der Waals surface area contributed by atoms with E-state index < -0.39 is 4.92 Å².